The summed E-state index contributed by atoms with van der Waals surface area (Å²) in [5.41, 5.74) is 16.1. The van der Waals surface area contributed by atoms with E-state index in [4.69, 9.17) is 22.3 Å². The summed E-state index contributed by atoms with van der Waals surface area (Å²) in [6.45, 7) is 1.93. The van der Waals surface area contributed by atoms with Crippen molar-refractivity contribution in [2.24, 2.45) is 0 Å². The average Bonchev–Trinajstić information content (AvgIpc) is 1.99. The second-order valence-electron chi connectivity index (χ2n) is 1.89. The Labute approximate surface area is 70.4 Å². The molecule has 0 aromatic carbocycles. The van der Waals surface area contributed by atoms with Gasteiger partial charge in [0.05, 0.1) is 11.9 Å². The van der Waals surface area contributed by atoms with Crippen molar-refractivity contribution in [1.82, 2.24) is 9.97 Å². The van der Waals surface area contributed by atoms with E-state index < -0.39 is 0 Å². The first kappa shape index (κ1) is 10.4. The van der Waals surface area contributed by atoms with Crippen LogP contribution in [0.4, 0.5) is 17.5 Å². The first-order valence-electron chi connectivity index (χ1n) is 3.36. The van der Waals surface area contributed by atoms with Crippen molar-refractivity contribution in [2.45, 2.75) is 6.92 Å². The molecule has 0 saturated carbocycles. The number of hydrogen-bond donors (Lipinski definition) is 4. The van der Waals surface area contributed by atoms with Crippen LogP contribution in [-0.2, 0) is 0 Å². The zero-order valence-electron chi connectivity index (χ0n) is 6.86. The first-order valence-corrected chi connectivity index (χ1v) is 3.36. The van der Waals surface area contributed by atoms with Crippen LogP contribution in [0.2, 0.25) is 0 Å². The number of aliphatic hydroxyl groups is 1. The van der Waals surface area contributed by atoms with Crippen LogP contribution in [0, 0.1) is 0 Å². The molecule has 7 N–H and O–H groups in total. The average molecular weight is 171 g/mol. The number of nitrogens with zero attached hydrogens (tertiary/aromatic N) is 2. The minimum absolute atomic E-state index is 0.140. The summed E-state index contributed by atoms with van der Waals surface area (Å²) in [6.07, 6.45) is 1.37. The van der Waals surface area contributed by atoms with E-state index in [1.165, 1.54) is 6.20 Å². The van der Waals surface area contributed by atoms with E-state index in [1.54, 1.807) is 6.92 Å². The normalized spacial score (nSPS) is 8.50. The lowest BCUT2D eigenvalue weighted by molar-refractivity contribution is 0.318. The Morgan fingerprint density at radius 1 is 1.42 bits per heavy atom. The minimum atomic E-state index is 0.140. The first-order chi connectivity index (χ1) is 5.61. The van der Waals surface area contributed by atoms with Gasteiger partial charge in [-0.2, -0.15) is 4.98 Å². The van der Waals surface area contributed by atoms with Crippen LogP contribution in [0.5, 0.6) is 0 Å². The molecule has 6 nitrogen and oxygen atoms in total. The van der Waals surface area contributed by atoms with Gasteiger partial charge in [0.2, 0.25) is 5.95 Å². The van der Waals surface area contributed by atoms with E-state index in [1.807, 2.05) is 0 Å². The molecule has 1 aromatic rings. The Bertz CT molecular complexity index is 239. The maximum atomic E-state index is 7.57. The van der Waals surface area contributed by atoms with E-state index in [0.29, 0.717) is 5.69 Å². The molecule has 0 saturated heterocycles. The standard InChI is InChI=1S/C4H7N5.C2H6O/c5-2-1-8-4(7)9-3(2)6;1-2-3/h1H,5H2,(H4,6,7,8,9);3H,2H2,1H3. The molecule has 0 amide bonds. The largest absolute Gasteiger partial charge is 0.397 e. The third-order valence-corrected chi connectivity index (χ3v) is 0.867. The fourth-order valence-electron chi connectivity index (χ4n) is 0.419. The molecule has 1 rings (SSSR count). The van der Waals surface area contributed by atoms with Crippen LogP contribution in [0.25, 0.3) is 0 Å². The van der Waals surface area contributed by atoms with Crippen LogP contribution in [0.15, 0.2) is 6.20 Å². The highest BCUT2D eigenvalue weighted by Crippen LogP contribution is 2.08. The van der Waals surface area contributed by atoms with Gasteiger partial charge < -0.3 is 22.3 Å². The molecule has 1 heterocycles. The van der Waals surface area contributed by atoms with Crippen molar-refractivity contribution < 1.29 is 5.11 Å². The minimum Gasteiger partial charge on any atom is -0.397 e. The number of nitrogens with two attached hydrogens (primary N) is 3. The summed E-state index contributed by atoms with van der Waals surface area (Å²) in [6, 6.07) is 0. The van der Waals surface area contributed by atoms with Gasteiger partial charge in [0, 0.05) is 6.61 Å². The van der Waals surface area contributed by atoms with Crippen LogP contribution >= 0.6 is 0 Å². The zero-order valence-corrected chi connectivity index (χ0v) is 6.86. The smallest absolute Gasteiger partial charge is 0.222 e. The lowest BCUT2D eigenvalue weighted by Gasteiger charge is -1.96. The van der Waals surface area contributed by atoms with Gasteiger partial charge in [0.15, 0.2) is 5.82 Å². The lowest BCUT2D eigenvalue weighted by Crippen LogP contribution is -2.02. The van der Waals surface area contributed by atoms with Gasteiger partial charge in [-0.15, -0.1) is 0 Å². The van der Waals surface area contributed by atoms with Crippen LogP contribution in [0.1, 0.15) is 6.92 Å². The number of nitrogen functional groups attached to an aromatic ring is 3. The molecule has 0 aliphatic heterocycles. The molecular weight excluding hydrogens is 158 g/mol. The summed E-state index contributed by atoms with van der Waals surface area (Å²) in [4.78, 5) is 7.19. The van der Waals surface area contributed by atoms with E-state index >= 15 is 0 Å². The number of aliphatic hydroxyl groups excluding tert-OH is 1. The zero-order chi connectivity index (χ0) is 9.56. The van der Waals surface area contributed by atoms with E-state index in [2.05, 4.69) is 9.97 Å². The molecule has 0 fully saturated rings. The maximum Gasteiger partial charge on any atom is 0.222 e. The van der Waals surface area contributed by atoms with E-state index in [0.717, 1.165) is 0 Å². The number of rotatable bonds is 0. The van der Waals surface area contributed by atoms with Gasteiger partial charge in [-0.05, 0) is 6.92 Å². The molecule has 1 aromatic heterocycles. The van der Waals surface area contributed by atoms with Crippen molar-refractivity contribution in [3.8, 4) is 0 Å². The Morgan fingerprint density at radius 3 is 2.25 bits per heavy atom. The predicted molar refractivity (Wildman–Crippen MR) is 48.0 cm³/mol. The van der Waals surface area contributed by atoms with Crippen molar-refractivity contribution in [2.75, 3.05) is 23.8 Å². The quantitative estimate of drug-likeness (QED) is 0.406. The van der Waals surface area contributed by atoms with Gasteiger partial charge in [-0.25, -0.2) is 4.98 Å². The molecule has 0 aliphatic carbocycles. The topological polar surface area (TPSA) is 124 Å². The Hall–Kier alpha value is -1.56. The summed E-state index contributed by atoms with van der Waals surface area (Å²) in [7, 11) is 0. The molecular formula is C6H13N5O. The Balaban J connectivity index is 0.000000354. The fraction of sp³-hybridized carbons (Fsp3) is 0.333. The van der Waals surface area contributed by atoms with Crippen molar-refractivity contribution in [3.63, 3.8) is 0 Å². The molecule has 12 heavy (non-hydrogen) atoms. The van der Waals surface area contributed by atoms with Crippen LogP contribution in [0.3, 0.4) is 0 Å². The molecule has 0 atom stereocenters. The SMILES string of the molecule is CCO.Nc1ncc(N)c(N)n1. The van der Waals surface area contributed by atoms with Crippen molar-refractivity contribution in [3.05, 3.63) is 6.20 Å². The fourth-order valence-corrected chi connectivity index (χ4v) is 0.419. The summed E-state index contributed by atoms with van der Waals surface area (Å²) in [5.74, 6) is 0.365. The van der Waals surface area contributed by atoms with Gasteiger partial charge in [-0.1, -0.05) is 0 Å². The van der Waals surface area contributed by atoms with E-state index in [9.17, 15) is 0 Å². The van der Waals surface area contributed by atoms with Gasteiger partial charge >= 0.3 is 0 Å². The third kappa shape index (κ3) is 3.57. The summed E-state index contributed by atoms with van der Waals surface area (Å²) in [5, 5.41) is 7.57. The summed E-state index contributed by atoms with van der Waals surface area (Å²) < 4.78 is 0. The molecule has 0 bridgehead atoms. The number of aromatic nitrogens is 2. The highest BCUT2D eigenvalue weighted by Gasteiger charge is 1.94. The summed E-state index contributed by atoms with van der Waals surface area (Å²) >= 11 is 0. The molecule has 0 aliphatic rings. The van der Waals surface area contributed by atoms with Crippen molar-refractivity contribution in [1.29, 1.82) is 0 Å². The van der Waals surface area contributed by atoms with Gasteiger partial charge in [0.1, 0.15) is 0 Å². The van der Waals surface area contributed by atoms with Crippen LogP contribution < -0.4 is 17.2 Å². The molecule has 68 valence electrons. The lowest BCUT2D eigenvalue weighted by atomic mass is 10.5. The van der Waals surface area contributed by atoms with Gasteiger partial charge in [0.25, 0.3) is 0 Å². The molecule has 0 radical (unpaired) electrons. The van der Waals surface area contributed by atoms with Crippen molar-refractivity contribution >= 4 is 17.5 Å². The molecule has 6 heteroatoms. The number of anilines is 3. The second kappa shape index (κ2) is 5.14. The second-order valence-corrected chi connectivity index (χ2v) is 1.89. The van der Waals surface area contributed by atoms with Crippen LogP contribution in [-0.4, -0.2) is 21.7 Å². The number of hydrogen-bond acceptors (Lipinski definition) is 6. The molecule has 0 unspecified atom stereocenters. The third-order valence-electron chi connectivity index (χ3n) is 0.867. The predicted octanol–water partition coefficient (Wildman–Crippen LogP) is -0.778. The maximum absolute atomic E-state index is 7.57. The monoisotopic (exact) mass is 171 g/mol. The Morgan fingerprint density at radius 2 is 1.92 bits per heavy atom. The van der Waals surface area contributed by atoms with Gasteiger partial charge in [-0.3, -0.25) is 0 Å². The molecule has 0 spiro atoms. The highest BCUT2D eigenvalue weighted by molar-refractivity contribution is 5.57. The highest BCUT2D eigenvalue weighted by atomic mass is 16.2. The Kier molecular flexibility index (Phi) is 4.47. The van der Waals surface area contributed by atoms with E-state index in [-0.39, 0.29) is 18.4 Å².